The van der Waals surface area contributed by atoms with E-state index in [2.05, 4.69) is 51.1 Å². The van der Waals surface area contributed by atoms with E-state index in [1.165, 1.54) is 15.4 Å². The topological polar surface area (TPSA) is 49.9 Å². The molecular formula is C18H22N2S. The van der Waals surface area contributed by atoms with Gasteiger partial charge in [0.2, 0.25) is 0 Å². The number of hydrogen-bond donors (Lipinski definition) is 2. The predicted molar refractivity (Wildman–Crippen MR) is 91.5 cm³/mol. The highest BCUT2D eigenvalue weighted by molar-refractivity contribution is 7.99. The Morgan fingerprint density at radius 3 is 2.05 bits per heavy atom. The molecule has 2 nitrogen and oxygen atoms in total. The molecular weight excluding hydrogens is 276 g/mol. The van der Waals surface area contributed by atoms with E-state index in [1.54, 1.807) is 11.8 Å². The minimum atomic E-state index is 0.124. The first-order chi connectivity index (χ1) is 9.77. The lowest BCUT2D eigenvalue weighted by molar-refractivity contribution is 0.590. The monoisotopic (exact) mass is 298 g/mol. The van der Waals surface area contributed by atoms with Crippen LogP contribution in [0, 0.1) is 12.3 Å². The second-order valence-electron chi connectivity index (χ2n) is 6.27. The molecule has 0 saturated heterocycles. The molecule has 0 aromatic heterocycles. The van der Waals surface area contributed by atoms with Crippen molar-refractivity contribution in [1.29, 1.82) is 5.41 Å². The van der Waals surface area contributed by atoms with Crippen molar-refractivity contribution < 1.29 is 0 Å². The van der Waals surface area contributed by atoms with E-state index < -0.39 is 0 Å². The van der Waals surface area contributed by atoms with Gasteiger partial charge in [-0.1, -0.05) is 44.7 Å². The third-order valence-corrected chi connectivity index (χ3v) is 4.44. The molecule has 0 bridgehead atoms. The van der Waals surface area contributed by atoms with Crippen LogP contribution in [0.15, 0.2) is 52.3 Å². The van der Waals surface area contributed by atoms with Crippen LogP contribution in [0.2, 0.25) is 0 Å². The van der Waals surface area contributed by atoms with E-state index in [4.69, 9.17) is 11.1 Å². The summed E-state index contributed by atoms with van der Waals surface area (Å²) in [5, 5.41) is 7.52. The Morgan fingerprint density at radius 1 is 1.00 bits per heavy atom. The van der Waals surface area contributed by atoms with E-state index in [9.17, 15) is 0 Å². The van der Waals surface area contributed by atoms with Gasteiger partial charge in [-0.15, -0.1) is 0 Å². The Kier molecular flexibility index (Phi) is 4.43. The van der Waals surface area contributed by atoms with Crippen molar-refractivity contribution in [3.63, 3.8) is 0 Å². The van der Waals surface area contributed by atoms with Crippen molar-refractivity contribution in [2.75, 3.05) is 0 Å². The molecule has 0 atom stereocenters. The van der Waals surface area contributed by atoms with Gasteiger partial charge in [-0.05, 0) is 53.8 Å². The third-order valence-electron chi connectivity index (χ3n) is 3.44. The van der Waals surface area contributed by atoms with Crippen LogP contribution >= 0.6 is 11.8 Å². The SMILES string of the molecule is Cc1cc(Sc2ccc(C(C)(C)C)cc2)ccc1C(=N)N. The van der Waals surface area contributed by atoms with Crippen LogP contribution in [-0.4, -0.2) is 5.84 Å². The zero-order valence-electron chi connectivity index (χ0n) is 13.0. The number of amidine groups is 1. The van der Waals surface area contributed by atoms with Gasteiger partial charge in [0.05, 0.1) is 0 Å². The Labute approximate surface area is 131 Å². The molecule has 0 saturated carbocycles. The number of hydrogen-bond acceptors (Lipinski definition) is 2. The molecule has 0 unspecified atom stereocenters. The summed E-state index contributed by atoms with van der Waals surface area (Å²) in [5.41, 5.74) is 8.93. The Balaban J connectivity index is 2.19. The van der Waals surface area contributed by atoms with Crippen LogP contribution in [0.25, 0.3) is 0 Å². The Morgan fingerprint density at radius 2 is 1.57 bits per heavy atom. The zero-order valence-corrected chi connectivity index (χ0v) is 13.8. The maximum absolute atomic E-state index is 7.52. The highest BCUT2D eigenvalue weighted by Crippen LogP contribution is 2.31. The van der Waals surface area contributed by atoms with Gasteiger partial charge in [0.1, 0.15) is 5.84 Å². The van der Waals surface area contributed by atoms with E-state index in [0.29, 0.717) is 0 Å². The fraction of sp³-hybridized carbons (Fsp3) is 0.278. The summed E-state index contributed by atoms with van der Waals surface area (Å²) in [7, 11) is 0. The summed E-state index contributed by atoms with van der Waals surface area (Å²) in [6.45, 7) is 8.65. The molecule has 21 heavy (non-hydrogen) atoms. The van der Waals surface area contributed by atoms with Crippen molar-refractivity contribution in [3.8, 4) is 0 Å². The summed E-state index contributed by atoms with van der Waals surface area (Å²) in [6.07, 6.45) is 0. The summed E-state index contributed by atoms with van der Waals surface area (Å²) < 4.78 is 0. The second kappa shape index (κ2) is 5.94. The van der Waals surface area contributed by atoms with Crippen molar-refractivity contribution in [1.82, 2.24) is 0 Å². The van der Waals surface area contributed by atoms with Crippen LogP contribution in [0.1, 0.15) is 37.5 Å². The predicted octanol–water partition coefficient (Wildman–Crippen LogP) is 4.73. The van der Waals surface area contributed by atoms with Gasteiger partial charge < -0.3 is 5.73 Å². The molecule has 2 aromatic rings. The molecule has 110 valence electrons. The highest BCUT2D eigenvalue weighted by atomic mass is 32.2. The minimum Gasteiger partial charge on any atom is -0.384 e. The summed E-state index contributed by atoms with van der Waals surface area (Å²) >= 11 is 1.73. The quantitative estimate of drug-likeness (QED) is 0.636. The highest BCUT2D eigenvalue weighted by Gasteiger charge is 2.13. The molecule has 0 radical (unpaired) electrons. The number of aryl methyl sites for hydroxylation is 1. The number of rotatable bonds is 3. The molecule has 3 heteroatoms. The molecule has 2 aromatic carbocycles. The molecule has 0 heterocycles. The number of nitrogens with one attached hydrogen (secondary N) is 1. The first-order valence-electron chi connectivity index (χ1n) is 7.01. The third kappa shape index (κ3) is 3.88. The number of nitrogens with two attached hydrogens (primary N) is 1. The zero-order chi connectivity index (χ0) is 15.6. The smallest absolute Gasteiger partial charge is 0.123 e. The lowest BCUT2D eigenvalue weighted by Gasteiger charge is -2.19. The average molecular weight is 298 g/mol. The Bertz CT molecular complexity index is 652. The summed E-state index contributed by atoms with van der Waals surface area (Å²) in [6, 6.07) is 14.7. The van der Waals surface area contributed by atoms with Gasteiger partial charge in [-0.3, -0.25) is 5.41 Å². The van der Waals surface area contributed by atoms with E-state index in [1.807, 2.05) is 19.1 Å². The molecule has 0 aliphatic heterocycles. The van der Waals surface area contributed by atoms with Crippen molar-refractivity contribution in [2.24, 2.45) is 5.73 Å². The van der Waals surface area contributed by atoms with Crippen LogP contribution in [-0.2, 0) is 5.41 Å². The van der Waals surface area contributed by atoms with Crippen molar-refractivity contribution in [3.05, 3.63) is 59.2 Å². The van der Waals surface area contributed by atoms with E-state index >= 15 is 0 Å². The van der Waals surface area contributed by atoms with Crippen LogP contribution in [0.4, 0.5) is 0 Å². The van der Waals surface area contributed by atoms with Gasteiger partial charge in [0, 0.05) is 15.4 Å². The maximum Gasteiger partial charge on any atom is 0.123 e. The summed E-state index contributed by atoms with van der Waals surface area (Å²) in [5.74, 6) is 0.124. The van der Waals surface area contributed by atoms with Crippen molar-refractivity contribution >= 4 is 17.6 Å². The van der Waals surface area contributed by atoms with Crippen LogP contribution in [0.5, 0.6) is 0 Å². The van der Waals surface area contributed by atoms with Gasteiger partial charge in [0.15, 0.2) is 0 Å². The molecule has 3 N–H and O–H groups in total. The summed E-state index contributed by atoms with van der Waals surface area (Å²) in [4.78, 5) is 2.39. The molecule has 0 fully saturated rings. The fourth-order valence-corrected chi connectivity index (χ4v) is 3.08. The van der Waals surface area contributed by atoms with Gasteiger partial charge in [0.25, 0.3) is 0 Å². The first kappa shape index (κ1) is 15.6. The van der Waals surface area contributed by atoms with E-state index in [0.717, 1.165) is 11.1 Å². The normalized spacial score (nSPS) is 11.4. The number of benzene rings is 2. The van der Waals surface area contributed by atoms with Crippen LogP contribution < -0.4 is 5.73 Å². The lowest BCUT2D eigenvalue weighted by atomic mass is 9.87. The Hall–Kier alpha value is -1.74. The van der Waals surface area contributed by atoms with E-state index in [-0.39, 0.29) is 11.3 Å². The van der Waals surface area contributed by atoms with Crippen LogP contribution in [0.3, 0.4) is 0 Å². The largest absolute Gasteiger partial charge is 0.384 e. The van der Waals surface area contributed by atoms with Gasteiger partial charge in [-0.2, -0.15) is 0 Å². The standard InChI is InChI=1S/C18H22N2S/c1-12-11-15(9-10-16(12)17(19)20)21-14-7-5-13(6-8-14)18(2,3)4/h5-11H,1-4H3,(H3,19,20). The lowest BCUT2D eigenvalue weighted by Crippen LogP contribution is -2.12. The molecule has 0 amide bonds. The van der Waals surface area contributed by atoms with Crippen molar-refractivity contribution in [2.45, 2.75) is 42.9 Å². The van der Waals surface area contributed by atoms with Gasteiger partial charge >= 0.3 is 0 Å². The molecule has 0 aliphatic carbocycles. The minimum absolute atomic E-state index is 0.124. The maximum atomic E-state index is 7.52. The fourth-order valence-electron chi connectivity index (χ4n) is 2.16. The molecule has 0 aliphatic rings. The molecule has 2 rings (SSSR count). The van der Waals surface area contributed by atoms with Gasteiger partial charge in [-0.25, -0.2) is 0 Å². The number of nitrogen functional groups attached to an aromatic ring is 1. The first-order valence-corrected chi connectivity index (χ1v) is 7.82. The average Bonchev–Trinajstić information content (AvgIpc) is 2.38. The molecule has 0 spiro atoms. The second-order valence-corrected chi connectivity index (χ2v) is 7.41.